The van der Waals surface area contributed by atoms with Crippen molar-refractivity contribution in [2.75, 3.05) is 29.9 Å². The SMILES string of the molecule is C[C@@H]1CN(CC(=O)Nc2ccccc2C(F)(F)F)C[C@H](C)N1c1ncnc2sccc12. The third-order valence-electron chi connectivity index (χ3n) is 5.35. The summed E-state index contributed by atoms with van der Waals surface area (Å²) in [5.74, 6) is 0.404. The van der Waals surface area contributed by atoms with E-state index in [1.165, 1.54) is 18.2 Å². The van der Waals surface area contributed by atoms with Crippen LogP contribution in [0.1, 0.15) is 19.4 Å². The van der Waals surface area contributed by atoms with Crippen molar-refractivity contribution in [3.63, 3.8) is 0 Å². The summed E-state index contributed by atoms with van der Waals surface area (Å²) in [5, 5.41) is 5.41. The third-order valence-corrected chi connectivity index (χ3v) is 6.17. The molecule has 1 fully saturated rings. The molecule has 31 heavy (non-hydrogen) atoms. The Morgan fingerprint density at radius 2 is 1.87 bits per heavy atom. The number of fused-ring (bicyclic) bond motifs is 1. The van der Waals surface area contributed by atoms with E-state index in [4.69, 9.17) is 0 Å². The number of hydrogen-bond acceptors (Lipinski definition) is 6. The molecule has 1 aromatic carbocycles. The Labute approximate surface area is 181 Å². The number of alkyl halides is 3. The van der Waals surface area contributed by atoms with Crippen LogP contribution in [0.15, 0.2) is 42.0 Å². The Morgan fingerprint density at radius 1 is 1.16 bits per heavy atom. The van der Waals surface area contributed by atoms with Crippen LogP contribution in [0.2, 0.25) is 0 Å². The van der Waals surface area contributed by atoms with Gasteiger partial charge in [-0.3, -0.25) is 9.69 Å². The number of rotatable bonds is 4. The molecule has 1 aliphatic heterocycles. The molecule has 3 heterocycles. The van der Waals surface area contributed by atoms with E-state index in [1.807, 2.05) is 16.3 Å². The van der Waals surface area contributed by atoms with Gasteiger partial charge in [0, 0.05) is 25.2 Å². The van der Waals surface area contributed by atoms with Gasteiger partial charge in [-0.15, -0.1) is 11.3 Å². The number of benzene rings is 1. The van der Waals surface area contributed by atoms with Crippen molar-refractivity contribution < 1.29 is 18.0 Å². The van der Waals surface area contributed by atoms with Crippen LogP contribution in [0.25, 0.3) is 10.2 Å². The lowest BCUT2D eigenvalue weighted by molar-refractivity contribution is -0.137. The van der Waals surface area contributed by atoms with Crippen LogP contribution in [0, 0.1) is 0 Å². The molecule has 0 radical (unpaired) electrons. The lowest BCUT2D eigenvalue weighted by Gasteiger charge is -2.45. The number of amides is 1. The van der Waals surface area contributed by atoms with Crippen molar-refractivity contribution in [2.45, 2.75) is 32.1 Å². The number of nitrogens with one attached hydrogen (secondary N) is 1. The number of anilines is 2. The number of nitrogens with zero attached hydrogens (tertiary/aromatic N) is 4. The highest BCUT2D eigenvalue weighted by Crippen LogP contribution is 2.35. The summed E-state index contributed by atoms with van der Waals surface area (Å²) in [6.45, 7) is 5.31. The Kier molecular flexibility index (Phi) is 5.85. The highest BCUT2D eigenvalue weighted by Gasteiger charge is 2.35. The number of halogens is 3. The molecule has 1 amide bonds. The fourth-order valence-corrected chi connectivity index (χ4v) is 4.92. The molecule has 2 aromatic heterocycles. The quantitative estimate of drug-likeness (QED) is 0.645. The molecule has 0 saturated carbocycles. The van der Waals surface area contributed by atoms with Crippen molar-refractivity contribution in [1.29, 1.82) is 0 Å². The number of carbonyl (C=O) groups excluding carboxylic acids is 1. The van der Waals surface area contributed by atoms with Gasteiger partial charge < -0.3 is 10.2 Å². The zero-order chi connectivity index (χ0) is 22.2. The van der Waals surface area contributed by atoms with Gasteiger partial charge in [-0.1, -0.05) is 12.1 Å². The van der Waals surface area contributed by atoms with E-state index in [0.29, 0.717) is 13.1 Å². The molecule has 6 nitrogen and oxygen atoms in total. The van der Waals surface area contributed by atoms with Crippen molar-refractivity contribution in [2.24, 2.45) is 0 Å². The summed E-state index contributed by atoms with van der Waals surface area (Å²) in [4.78, 5) is 26.4. The van der Waals surface area contributed by atoms with E-state index in [1.54, 1.807) is 17.7 Å². The summed E-state index contributed by atoms with van der Waals surface area (Å²) >= 11 is 1.56. The van der Waals surface area contributed by atoms with E-state index in [2.05, 4.69) is 34.0 Å². The molecular weight excluding hydrogens is 427 g/mol. The second kappa shape index (κ2) is 8.43. The minimum Gasteiger partial charge on any atom is -0.348 e. The van der Waals surface area contributed by atoms with Crippen molar-refractivity contribution >= 4 is 39.0 Å². The van der Waals surface area contributed by atoms with E-state index < -0.39 is 17.6 Å². The van der Waals surface area contributed by atoms with Gasteiger partial charge in [0.05, 0.1) is 23.2 Å². The van der Waals surface area contributed by atoms with Gasteiger partial charge in [0.2, 0.25) is 5.91 Å². The minimum absolute atomic E-state index is 0.0202. The van der Waals surface area contributed by atoms with Gasteiger partial charge in [0.1, 0.15) is 17.0 Å². The third kappa shape index (κ3) is 4.49. The van der Waals surface area contributed by atoms with Crippen LogP contribution in [0.4, 0.5) is 24.7 Å². The number of aromatic nitrogens is 2. The molecule has 1 saturated heterocycles. The topological polar surface area (TPSA) is 61.4 Å². The molecule has 0 spiro atoms. The first-order chi connectivity index (χ1) is 14.7. The zero-order valence-corrected chi connectivity index (χ0v) is 17.9. The van der Waals surface area contributed by atoms with Crippen LogP contribution in [0.3, 0.4) is 0 Å². The zero-order valence-electron chi connectivity index (χ0n) is 17.1. The van der Waals surface area contributed by atoms with Gasteiger partial charge >= 0.3 is 6.18 Å². The fraction of sp³-hybridized carbons (Fsp3) is 0.381. The van der Waals surface area contributed by atoms with E-state index in [0.717, 1.165) is 22.1 Å². The largest absolute Gasteiger partial charge is 0.418 e. The number of carbonyl (C=O) groups is 1. The molecule has 0 unspecified atom stereocenters. The van der Waals surface area contributed by atoms with Crippen molar-refractivity contribution in [3.05, 3.63) is 47.6 Å². The van der Waals surface area contributed by atoms with Gasteiger partial charge in [0.15, 0.2) is 0 Å². The van der Waals surface area contributed by atoms with Crippen LogP contribution in [-0.2, 0) is 11.0 Å². The number of thiophene rings is 1. The summed E-state index contributed by atoms with van der Waals surface area (Å²) in [6.07, 6.45) is -2.96. The molecule has 0 aliphatic carbocycles. The Balaban J connectivity index is 1.44. The van der Waals surface area contributed by atoms with E-state index in [9.17, 15) is 18.0 Å². The second-order valence-electron chi connectivity index (χ2n) is 7.73. The highest BCUT2D eigenvalue weighted by atomic mass is 32.1. The second-order valence-corrected chi connectivity index (χ2v) is 8.62. The van der Waals surface area contributed by atoms with Gasteiger partial charge in [-0.05, 0) is 37.4 Å². The molecule has 4 rings (SSSR count). The molecule has 164 valence electrons. The Hall–Kier alpha value is -2.72. The summed E-state index contributed by atoms with van der Waals surface area (Å²) in [5.41, 5.74) is -1.07. The standard InChI is InChI=1S/C21H22F3N5OS/c1-13-9-28(11-18(30)27-17-6-4-3-5-16(17)21(22,23)24)10-14(2)29(13)19-15-7-8-31-20(15)26-12-25-19/h3-8,12-14H,9-11H2,1-2H3,(H,27,30)/t13-,14+. The Morgan fingerprint density at radius 3 is 2.58 bits per heavy atom. The molecule has 1 aliphatic rings. The monoisotopic (exact) mass is 449 g/mol. The van der Waals surface area contributed by atoms with Gasteiger partial charge in [0.25, 0.3) is 0 Å². The molecule has 2 atom stereocenters. The van der Waals surface area contributed by atoms with E-state index in [-0.39, 0.29) is 24.3 Å². The highest BCUT2D eigenvalue weighted by molar-refractivity contribution is 7.16. The molecule has 1 N–H and O–H groups in total. The summed E-state index contributed by atoms with van der Waals surface area (Å²) in [6, 6.07) is 7.15. The molecular formula is C21H22F3N5OS. The maximum absolute atomic E-state index is 13.2. The molecule has 10 heteroatoms. The molecule has 0 bridgehead atoms. The van der Waals surface area contributed by atoms with Crippen LogP contribution in [-0.4, -0.2) is 52.5 Å². The summed E-state index contributed by atoms with van der Waals surface area (Å²) in [7, 11) is 0. The van der Waals surface area contributed by atoms with E-state index >= 15 is 0 Å². The predicted octanol–water partition coefficient (Wildman–Crippen LogP) is 4.25. The average Bonchev–Trinajstić information content (AvgIpc) is 3.16. The first-order valence-corrected chi connectivity index (χ1v) is 10.8. The van der Waals surface area contributed by atoms with Crippen LogP contribution < -0.4 is 10.2 Å². The van der Waals surface area contributed by atoms with Crippen molar-refractivity contribution in [1.82, 2.24) is 14.9 Å². The first kappa shape index (κ1) is 21.5. The average molecular weight is 450 g/mol. The number of hydrogen-bond donors (Lipinski definition) is 1. The number of piperazine rings is 1. The maximum atomic E-state index is 13.2. The predicted molar refractivity (Wildman–Crippen MR) is 115 cm³/mol. The lowest BCUT2D eigenvalue weighted by Crippen LogP contribution is -2.58. The summed E-state index contributed by atoms with van der Waals surface area (Å²) < 4.78 is 39.5. The maximum Gasteiger partial charge on any atom is 0.418 e. The smallest absolute Gasteiger partial charge is 0.348 e. The molecule has 3 aromatic rings. The lowest BCUT2D eigenvalue weighted by atomic mass is 10.1. The Bertz CT molecular complexity index is 1070. The van der Waals surface area contributed by atoms with Crippen LogP contribution in [0.5, 0.6) is 0 Å². The minimum atomic E-state index is -4.52. The fourth-order valence-electron chi connectivity index (χ4n) is 4.19. The van der Waals surface area contributed by atoms with Gasteiger partial charge in [-0.25, -0.2) is 9.97 Å². The first-order valence-electron chi connectivity index (χ1n) is 9.89. The van der Waals surface area contributed by atoms with Gasteiger partial charge in [-0.2, -0.15) is 13.2 Å². The normalized spacial score (nSPS) is 20.2. The van der Waals surface area contributed by atoms with Crippen LogP contribution >= 0.6 is 11.3 Å². The van der Waals surface area contributed by atoms with Crippen molar-refractivity contribution in [3.8, 4) is 0 Å². The number of para-hydroxylation sites is 1.